The van der Waals surface area contributed by atoms with Crippen LogP contribution in [0.25, 0.3) is 0 Å². The molecule has 7 nitrogen and oxygen atoms in total. The Hall–Kier alpha value is -2.64. The molecule has 8 heteroatoms. The van der Waals surface area contributed by atoms with Crippen LogP contribution in [-0.2, 0) is 9.59 Å². The molecule has 2 rings (SSSR count). The molecule has 0 bridgehead atoms. The molecule has 1 aliphatic rings. The quantitative estimate of drug-likeness (QED) is 0.735. The van der Waals surface area contributed by atoms with Crippen LogP contribution in [0.15, 0.2) is 18.2 Å². The van der Waals surface area contributed by atoms with Crippen molar-refractivity contribution in [3.63, 3.8) is 0 Å². The summed E-state index contributed by atoms with van der Waals surface area (Å²) in [6.07, 6.45) is 1.39. The first-order chi connectivity index (χ1) is 11.9. The summed E-state index contributed by atoms with van der Waals surface area (Å²) >= 11 is 0. The molecule has 0 aliphatic carbocycles. The molecule has 0 radical (unpaired) electrons. The van der Waals surface area contributed by atoms with Crippen molar-refractivity contribution in [2.45, 2.75) is 39.2 Å². The zero-order valence-corrected chi connectivity index (χ0v) is 14.4. The van der Waals surface area contributed by atoms with Gasteiger partial charge >= 0.3 is 6.03 Å². The average molecular weight is 350 g/mol. The Morgan fingerprint density at radius 2 is 2.04 bits per heavy atom. The number of hydrogen-bond donors (Lipinski definition) is 3. The first kappa shape index (κ1) is 18.7. The van der Waals surface area contributed by atoms with Crippen LogP contribution in [0.3, 0.4) is 0 Å². The molecule has 1 aliphatic heterocycles. The Labute approximate surface area is 145 Å². The van der Waals surface area contributed by atoms with Crippen molar-refractivity contribution in [3.8, 4) is 0 Å². The summed E-state index contributed by atoms with van der Waals surface area (Å²) < 4.78 is 13.9. The van der Waals surface area contributed by atoms with Crippen molar-refractivity contribution < 1.29 is 18.8 Å². The van der Waals surface area contributed by atoms with E-state index in [1.165, 1.54) is 18.2 Å². The highest BCUT2D eigenvalue weighted by Gasteiger charge is 2.29. The van der Waals surface area contributed by atoms with Crippen molar-refractivity contribution in [2.24, 2.45) is 0 Å². The average Bonchev–Trinajstić information content (AvgIpc) is 2.90. The van der Waals surface area contributed by atoms with Gasteiger partial charge in [-0.25, -0.2) is 9.18 Å². The number of carbonyl (C=O) groups is 3. The zero-order chi connectivity index (χ0) is 18.4. The maximum Gasteiger partial charge on any atom is 0.319 e. The van der Waals surface area contributed by atoms with E-state index in [2.05, 4.69) is 16.0 Å². The van der Waals surface area contributed by atoms with Gasteiger partial charge in [0.25, 0.3) is 0 Å². The molecule has 1 aromatic carbocycles. The summed E-state index contributed by atoms with van der Waals surface area (Å²) in [5.74, 6) is -0.815. The van der Waals surface area contributed by atoms with Gasteiger partial charge in [-0.3, -0.25) is 9.59 Å². The highest BCUT2D eigenvalue weighted by atomic mass is 19.1. The van der Waals surface area contributed by atoms with Gasteiger partial charge in [-0.1, -0.05) is 13.8 Å². The topological polar surface area (TPSA) is 90.5 Å². The fourth-order valence-corrected chi connectivity index (χ4v) is 2.65. The lowest BCUT2D eigenvalue weighted by atomic mass is 10.2. The van der Waals surface area contributed by atoms with Gasteiger partial charge in [0.05, 0.1) is 11.7 Å². The van der Waals surface area contributed by atoms with Gasteiger partial charge in [-0.05, 0) is 24.6 Å². The number of anilines is 2. The van der Waals surface area contributed by atoms with Gasteiger partial charge in [0, 0.05) is 31.6 Å². The van der Waals surface area contributed by atoms with E-state index in [1.54, 1.807) is 11.8 Å². The third-order valence-corrected chi connectivity index (χ3v) is 3.86. The molecule has 0 saturated carbocycles. The van der Waals surface area contributed by atoms with Crippen LogP contribution in [0.2, 0.25) is 0 Å². The molecule has 1 aromatic rings. The lowest BCUT2D eigenvalue weighted by Gasteiger charge is -2.16. The molecule has 1 saturated heterocycles. The van der Waals surface area contributed by atoms with E-state index in [-0.39, 0.29) is 30.0 Å². The minimum Gasteiger partial charge on any atom is -0.341 e. The molecular formula is C17H23FN4O3. The summed E-state index contributed by atoms with van der Waals surface area (Å²) in [6, 6.07) is 3.05. The number of hydrogen-bond acceptors (Lipinski definition) is 3. The van der Waals surface area contributed by atoms with Crippen LogP contribution in [-0.4, -0.2) is 41.9 Å². The van der Waals surface area contributed by atoms with Crippen LogP contribution < -0.4 is 16.0 Å². The Morgan fingerprint density at radius 3 is 2.72 bits per heavy atom. The number of rotatable bonds is 6. The summed E-state index contributed by atoms with van der Waals surface area (Å²) in [7, 11) is 0. The fourth-order valence-electron chi connectivity index (χ4n) is 2.65. The predicted octanol–water partition coefficient (Wildman–Crippen LogP) is 2.31. The molecular weight excluding hydrogens is 327 g/mol. The standard InChI is InChI=1S/C17H23FN4O3/c1-3-7-22-10-12(9-16(22)24)20-17(25)21-14-8-11(5-6-13(14)18)19-15(23)4-2/h5-6,8,12H,3-4,7,9-10H2,1-2H3,(H,19,23)(H2,20,21,25). The smallest absolute Gasteiger partial charge is 0.319 e. The number of likely N-dealkylation sites (tertiary alicyclic amines) is 1. The lowest BCUT2D eigenvalue weighted by Crippen LogP contribution is -2.40. The molecule has 0 aromatic heterocycles. The number of amides is 4. The molecule has 3 N–H and O–H groups in total. The first-order valence-electron chi connectivity index (χ1n) is 8.37. The largest absolute Gasteiger partial charge is 0.341 e. The van der Waals surface area contributed by atoms with Crippen LogP contribution in [0.1, 0.15) is 33.1 Å². The van der Waals surface area contributed by atoms with Gasteiger partial charge in [-0.15, -0.1) is 0 Å². The van der Waals surface area contributed by atoms with E-state index in [0.29, 0.717) is 25.2 Å². The molecule has 1 unspecified atom stereocenters. The highest BCUT2D eigenvalue weighted by molar-refractivity contribution is 5.94. The summed E-state index contributed by atoms with van der Waals surface area (Å²) in [5, 5.41) is 7.71. The molecule has 1 heterocycles. The molecule has 1 atom stereocenters. The highest BCUT2D eigenvalue weighted by Crippen LogP contribution is 2.20. The molecule has 136 valence electrons. The van der Waals surface area contributed by atoms with Gasteiger partial charge in [-0.2, -0.15) is 0 Å². The van der Waals surface area contributed by atoms with Crippen molar-refractivity contribution in [1.82, 2.24) is 10.2 Å². The molecule has 25 heavy (non-hydrogen) atoms. The summed E-state index contributed by atoms with van der Waals surface area (Å²) in [5.41, 5.74) is 0.356. The number of nitrogens with zero attached hydrogens (tertiary/aromatic N) is 1. The van der Waals surface area contributed by atoms with Crippen LogP contribution in [0.5, 0.6) is 0 Å². The fraction of sp³-hybridized carbons (Fsp3) is 0.471. The van der Waals surface area contributed by atoms with E-state index >= 15 is 0 Å². The lowest BCUT2D eigenvalue weighted by molar-refractivity contribution is -0.127. The number of benzene rings is 1. The second-order valence-corrected chi connectivity index (χ2v) is 5.94. The van der Waals surface area contributed by atoms with Crippen molar-refractivity contribution >= 4 is 29.2 Å². The number of halogens is 1. The number of carbonyl (C=O) groups excluding carboxylic acids is 3. The SMILES string of the molecule is CCCN1CC(NC(=O)Nc2cc(NC(=O)CC)ccc2F)CC1=O. The molecule has 4 amide bonds. The van der Waals surface area contributed by atoms with Crippen molar-refractivity contribution in [3.05, 3.63) is 24.0 Å². The van der Waals surface area contributed by atoms with Crippen LogP contribution in [0.4, 0.5) is 20.6 Å². The van der Waals surface area contributed by atoms with E-state index < -0.39 is 11.8 Å². The Morgan fingerprint density at radius 1 is 1.28 bits per heavy atom. The van der Waals surface area contributed by atoms with E-state index in [0.717, 1.165) is 6.42 Å². The maximum absolute atomic E-state index is 13.9. The minimum atomic E-state index is -0.611. The van der Waals surface area contributed by atoms with Gasteiger partial charge in [0.1, 0.15) is 5.82 Å². The second-order valence-electron chi connectivity index (χ2n) is 5.94. The summed E-state index contributed by atoms with van der Waals surface area (Å²) in [4.78, 5) is 37.0. The van der Waals surface area contributed by atoms with Gasteiger partial charge in [0.15, 0.2) is 0 Å². The summed E-state index contributed by atoms with van der Waals surface area (Å²) in [6.45, 7) is 4.80. The molecule has 0 spiro atoms. The van der Waals surface area contributed by atoms with Gasteiger partial charge < -0.3 is 20.9 Å². The number of urea groups is 1. The predicted molar refractivity (Wildman–Crippen MR) is 92.8 cm³/mol. The number of nitrogens with one attached hydrogen (secondary N) is 3. The van der Waals surface area contributed by atoms with Crippen LogP contribution in [0, 0.1) is 5.82 Å². The third-order valence-electron chi connectivity index (χ3n) is 3.86. The van der Waals surface area contributed by atoms with Gasteiger partial charge in [0.2, 0.25) is 11.8 Å². The first-order valence-corrected chi connectivity index (χ1v) is 8.37. The molecule has 1 fully saturated rings. The Balaban J connectivity index is 1.95. The minimum absolute atomic E-state index is 0.00241. The van der Waals surface area contributed by atoms with Crippen LogP contribution >= 0.6 is 0 Å². The van der Waals surface area contributed by atoms with E-state index in [1.807, 2.05) is 6.92 Å². The maximum atomic E-state index is 13.9. The monoisotopic (exact) mass is 350 g/mol. The zero-order valence-electron chi connectivity index (χ0n) is 14.4. The Kier molecular flexibility index (Phi) is 6.32. The second kappa shape index (κ2) is 8.46. The third kappa shape index (κ3) is 5.17. The van der Waals surface area contributed by atoms with Crippen molar-refractivity contribution in [2.75, 3.05) is 23.7 Å². The normalized spacial score (nSPS) is 16.7. The van der Waals surface area contributed by atoms with Crippen molar-refractivity contribution in [1.29, 1.82) is 0 Å². The Bertz CT molecular complexity index is 665. The van der Waals surface area contributed by atoms with E-state index in [4.69, 9.17) is 0 Å². The van der Waals surface area contributed by atoms with E-state index in [9.17, 15) is 18.8 Å².